The van der Waals surface area contributed by atoms with Crippen molar-refractivity contribution in [2.75, 3.05) is 6.54 Å². The van der Waals surface area contributed by atoms with Gasteiger partial charge in [-0.25, -0.2) is 0 Å². The first kappa shape index (κ1) is 9.09. The first-order chi connectivity index (χ1) is 6.40. The molecule has 0 aromatic carbocycles. The Hall–Kier alpha value is -0.480. The summed E-state index contributed by atoms with van der Waals surface area (Å²) < 4.78 is 0. The zero-order chi connectivity index (χ0) is 9.10. The van der Waals surface area contributed by atoms with E-state index in [1.165, 1.54) is 24.3 Å². The molecule has 72 valence electrons. The summed E-state index contributed by atoms with van der Waals surface area (Å²) in [5.41, 5.74) is 0. The monoisotopic (exact) mass is 197 g/mol. The zero-order valence-electron chi connectivity index (χ0n) is 7.92. The highest BCUT2D eigenvalue weighted by atomic mass is 32.1. The normalized spacial score (nSPS) is 16.4. The molecule has 1 saturated carbocycles. The minimum atomic E-state index is 0.748. The number of hydrogen-bond donors (Lipinski definition) is 1. The van der Waals surface area contributed by atoms with Crippen LogP contribution in [0.25, 0.3) is 0 Å². The van der Waals surface area contributed by atoms with Gasteiger partial charge < -0.3 is 5.32 Å². The topological polar surface area (TPSA) is 37.8 Å². The Balaban J connectivity index is 1.82. The molecule has 1 N–H and O–H groups in total. The molecule has 0 amide bonds. The van der Waals surface area contributed by atoms with Crippen LogP contribution in [0.2, 0.25) is 0 Å². The van der Waals surface area contributed by atoms with Gasteiger partial charge in [0.1, 0.15) is 10.0 Å². The average molecular weight is 197 g/mol. The van der Waals surface area contributed by atoms with E-state index in [0.29, 0.717) is 0 Å². The van der Waals surface area contributed by atoms with Crippen LogP contribution in [0.5, 0.6) is 0 Å². The highest BCUT2D eigenvalue weighted by Crippen LogP contribution is 2.41. The van der Waals surface area contributed by atoms with Gasteiger partial charge in [0.2, 0.25) is 0 Å². The molecule has 0 unspecified atom stereocenters. The van der Waals surface area contributed by atoms with E-state index in [1.807, 2.05) is 0 Å². The van der Waals surface area contributed by atoms with E-state index in [2.05, 4.69) is 22.4 Å². The second-order valence-corrected chi connectivity index (χ2v) is 4.58. The van der Waals surface area contributed by atoms with E-state index in [1.54, 1.807) is 11.3 Å². The number of rotatable bonds is 5. The van der Waals surface area contributed by atoms with E-state index in [4.69, 9.17) is 0 Å². The van der Waals surface area contributed by atoms with E-state index >= 15 is 0 Å². The molecule has 1 heterocycles. The molecule has 0 atom stereocenters. The molecule has 1 aromatic heterocycles. The molecule has 2 rings (SSSR count). The second-order valence-electron chi connectivity index (χ2n) is 3.49. The molecule has 1 aromatic rings. The van der Waals surface area contributed by atoms with Gasteiger partial charge in [-0.15, -0.1) is 10.2 Å². The van der Waals surface area contributed by atoms with E-state index in [-0.39, 0.29) is 0 Å². The Bertz CT molecular complexity index is 268. The molecule has 0 spiro atoms. The Kier molecular flexibility index (Phi) is 2.90. The summed E-state index contributed by atoms with van der Waals surface area (Å²) in [5, 5.41) is 14.1. The fraction of sp³-hybridized carbons (Fsp3) is 0.778. The van der Waals surface area contributed by atoms with Gasteiger partial charge in [0.05, 0.1) is 0 Å². The lowest BCUT2D eigenvalue weighted by Gasteiger charge is -1.96. The van der Waals surface area contributed by atoms with Crippen molar-refractivity contribution < 1.29 is 0 Å². The summed E-state index contributed by atoms with van der Waals surface area (Å²) >= 11 is 1.77. The lowest BCUT2D eigenvalue weighted by atomic mass is 10.5. The van der Waals surface area contributed by atoms with E-state index in [9.17, 15) is 0 Å². The maximum absolute atomic E-state index is 4.19. The number of aromatic nitrogens is 2. The quantitative estimate of drug-likeness (QED) is 0.733. The maximum Gasteiger partial charge on any atom is 0.131 e. The van der Waals surface area contributed by atoms with Crippen molar-refractivity contribution in [1.82, 2.24) is 15.5 Å². The summed E-state index contributed by atoms with van der Waals surface area (Å²) in [4.78, 5) is 0. The zero-order valence-corrected chi connectivity index (χ0v) is 8.73. The lowest BCUT2D eigenvalue weighted by Crippen LogP contribution is -2.13. The van der Waals surface area contributed by atoms with Gasteiger partial charge in [0.25, 0.3) is 0 Å². The number of nitrogens with one attached hydrogen (secondary N) is 1. The van der Waals surface area contributed by atoms with Crippen molar-refractivity contribution in [3.63, 3.8) is 0 Å². The largest absolute Gasteiger partial charge is 0.310 e. The highest BCUT2D eigenvalue weighted by molar-refractivity contribution is 7.11. The summed E-state index contributed by atoms with van der Waals surface area (Å²) in [6.45, 7) is 4.12. The summed E-state index contributed by atoms with van der Waals surface area (Å²) in [7, 11) is 0. The Morgan fingerprint density at radius 1 is 1.46 bits per heavy atom. The van der Waals surface area contributed by atoms with Crippen LogP contribution >= 0.6 is 11.3 Å². The molecule has 1 fully saturated rings. The summed E-state index contributed by atoms with van der Waals surface area (Å²) in [6.07, 6.45) is 3.81. The Morgan fingerprint density at radius 2 is 2.31 bits per heavy atom. The van der Waals surface area contributed by atoms with Crippen molar-refractivity contribution in [1.29, 1.82) is 0 Å². The van der Waals surface area contributed by atoms with Crippen LogP contribution < -0.4 is 5.32 Å². The summed E-state index contributed by atoms with van der Waals surface area (Å²) in [6, 6.07) is 0. The summed E-state index contributed by atoms with van der Waals surface area (Å²) in [5.74, 6) is 0.748. The van der Waals surface area contributed by atoms with Gasteiger partial charge in [-0.1, -0.05) is 18.3 Å². The van der Waals surface area contributed by atoms with E-state index < -0.39 is 0 Å². The number of nitrogens with zero attached hydrogens (tertiary/aromatic N) is 2. The van der Waals surface area contributed by atoms with Crippen LogP contribution in [0.15, 0.2) is 0 Å². The van der Waals surface area contributed by atoms with Gasteiger partial charge in [-0.05, 0) is 25.8 Å². The van der Waals surface area contributed by atoms with Crippen molar-refractivity contribution in [2.45, 2.75) is 38.6 Å². The Labute approximate surface area is 82.6 Å². The number of hydrogen-bond acceptors (Lipinski definition) is 4. The fourth-order valence-electron chi connectivity index (χ4n) is 1.21. The molecule has 0 bridgehead atoms. The van der Waals surface area contributed by atoms with Gasteiger partial charge in [0, 0.05) is 12.5 Å². The average Bonchev–Trinajstić information content (AvgIpc) is 2.88. The van der Waals surface area contributed by atoms with Crippen LogP contribution in [0.1, 0.15) is 42.1 Å². The van der Waals surface area contributed by atoms with Crippen LogP contribution in [-0.2, 0) is 6.54 Å². The van der Waals surface area contributed by atoms with Gasteiger partial charge in [0.15, 0.2) is 0 Å². The first-order valence-electron chi connectivity index (χ1n) is 4.93. The van der Waals surface area contributed by atoms with Crippen LogP contribution in [0.3, 0.4) is 0 Å². The molecular weight excluding hydrogens is 182 g/mol. The van der Waals surface area contributed by atoms with E-state index in [0.717, 1.165) is 24.0 Å². The molecule has 13 heavy (non-hydrogen) atoms. The van der Waals surface area contributed by atoms with Gasteiger partial charge in [-0.3, -0.25) is 0 Å². The minimum absolute atomic E-state index is 0.748. The standard InChI is InChI=1S/C9H15N3S/c1-2-5-10-6-8-11-12-9(13-8)7-3-4-7/h7,10H,2-6H2,1H3. The molecule has 3 nitrogen and oxygen atoms in total. The molecule has 0 radical (unpaired) electrons. The third kappa shape index (κ3) is 2.48. The molecular formula is C9H15N3S. The predicted octanol–water partition coefficient (Wildman–Crippen LogP) is 1.92. The van der Waals surface area contributed by atoms with Crippen LogP contribution in [-0.4, -0.2) is 16.7 Å². The van der Waals surface area contributed by atoms with Crippen molar-refractivity contribution >= 4 is 11.3 Å². The maximum atomic E-state index is 4.19. The molecule has 4 heteroatoms. The SMILES string of the molecule is CCCNCc1nnc(C2CC2)s1. The molecule has 0 saturated heterocycles. The third-order valence-corrected chi connectivity index (χ3v) is 3.20. The second kappa shape index (κ2) is 4.15. The fourth-order valence-corrected chi connectivity index (χ4v) is 2.19. The Morgan fingerprint density at radius 3 is 3.00 bits per heavy atom. The van der Waals surface area contributed by atoms with Crippen LogP contribution in [0, 0.1) is 0 Å². The van der Waals surface area contributed by atoms with Crippen LogP contribution in [0.4, 0.5) is 0 Å². The predicted molar refractivity (Wildman–Crippen MR) is 53.9 cm³/mol. The lowest BCUT2D eigenvalue weighted by molar-refractivity contribution is 0.667. The van der Waals surface area contributed by atoms with Crippen molar-refractivity contribution in [3.05, 3.63) is 10.0 Å². The van der Waals surface area contributed by atoms with Gasteiger partial charge in [-0.2, -0.15) is 0 Å². The van der Waals surface area contributed by atoms with Crippen molar-refractivity contribution in [3.8, 4) is 0 Å². The molecule has 1 aliphatic rings. The smallest absolute Gasteiger partial charge is 0.131 e. The molecule has 1 aliphatic carbocycles. The van der Waals surface area contributed by atoms with Gasteiger partial charge >= 0.3 is 0 Å². The third-order valence-electron chi connectivity index (χ3n) is 2.11. The minimum Gasteiger partial charge on any atom is -0.310 e. The molecule has 0 aliphatic heterocycles. The first-order valence-corrected chi connectivity index (χ1v) is 5.74. The van der Waals surface area contributed by atoms with Crippen molar-refractivity contribution in [2.24, 2.45) is 0 Å². The highest BCUT2D eigenvalue weighted by Gasteiger charge is 2.27.